The summed E-state index contributed by atoms with van der Waals surface area (Å²) in [7, 11) is 0. The Bertz CT molecular complexity index is 273. The maximum absolute atomic E-state index is 11.2. The van der Waals surface area contributed by atoms with Gasteiger partial charge in [-0.05, 0) is 13.8 Å². The monoisotopic (exact) mass is 199 g/mol. The van der Waals surface area contributed by atoms with Crippen LogP contribution in [0.3, 0.4) is 0 Å². The molecular formula is C8H13N3O3. The summed E-state index contributed by atoms with van der Waals surface area (Å²) < 4.78 is 9.35. The zero-order valence-corrected chi connectivity index (χ0v) is 8.19. The smallest absolute Gasteiger partial charge is 0.322 e. The highest BCUT2D eigenvalue weighted by Crippen LogP contribution is 1.92. The number of nitrogens with zero attached hydrogens (tertiary/aromatic N) is 2. The quantitative estimate of drug-likeness (QED) is 0.678. The van der Waals surface area contributed by atoms with E-state index in [2.05, 4.69) is 20.0 Å². The van der Waals surface area contributed by atoms with Gasteiger partial charge in [-0.3, -0.25) is 10.1 Å². The maximum atomic E-state index is 11.2. The Morgan fingerprint density at radius 2 is 2.57 bits per heavy atom. The van der Waals surface area contributed by atoms with Crippen molar-refractivity contribution in [2.45, 2.75) is 26.4 Å². The minimum atomic E-state index is -0.367. The molecule has 0 aromatic carbocycles. The minimum absolute atomic E-state index is 0.281. The van der Waals surface area contributed by atoms with E-state index in [9.17, 15) is 4.79 Å². The molecule has 0 aliphatic heterocycles. The van der Waals surface area contributed by atoms with Crippen LogP contribution in [0.1, 0.15) is 19.7 Å². The predicted octanol–water partition coefficient (Wildman–Crippen LogP) is 0.111. The summed E-state index contributed by atoms with van der Waals surface area (Å²) in [6, 6.07) is -0.367. The highest BCUT2D eigenvalue weighted by Gasteiger charge is 2.13. The minimum Gasteiger partial charge on any atom is -0.465 e. The molecule has 78 valence electrons. The van der Waals surface area contributed by atoms with Crippen molar-refractivity contribution >= 4 is 5.97 Å². The van der Waals surface area contributed by atoms with E-state index in [1.807, 2.05) is 0 Å². The maximum Gasteiger partial charge on any atom is 0.322 e. The number of rotatable bonds is 5. The van der Waals surface area contributed by atoms with Crippen LogP contribution in [0.5, 0.6) is 0 Å². The van der Waals surface area contributed by atoms with Crippen LogP contribution in [0.4, 0.5) is 0 Å². The van der Waals surface area contributed by atoms with E-state index >= 15 is 0 Å². The summed E-state index contributed by atoms with van der Waals surface area (Å²) in [6.45, 7) is 4.26. The Hall–Kier alpha value is -1.43. The molecule has 1 aromatic heterocycles. The molecule has 0 saturated carbocycles. The molecule has 1 aromatic rings. The van der Waals surface area contributed by atoms with Crippen molar-refractivity contribution in [3.8, 4) is 0 Å². The summed E-state index contributed by atoms with van der Waals surface area (Å²) in [5.74, 6) is 0.233. The molecule has 0 spiro atoms. The molecule has 0 saturated heterocycles. The van der Waals surface area contributed by atoms with Crippen LogP contribution >= 0.6 is 0 Å². The van der Waals surface area contributed by atoms with Gasteiger partial charge in [-0.2, -0.15) is 4.98 Å². The van der Waals surface area contributed by atoms with Crippen molar-refractivity contribution < 1.29 is 14.1 Å². The van der Waals surface area contributed by atoms with Crippen molar-refractivity contribution in [1.29, 1.82) is 0 Å². The number of aromatic nitrogens is 2. The zero-order chi connectivity index (χ0) is 10.4. The molecule has 14 heavy (non-hydrogen) atoms. The second-order valence-electron chi connectivity index (χ2n) is 2.70. The van der Waals surface area contributed by atoms with Gasteiger partial charge >= 0.3 is 5.97 Å². The van der Waals surface area contributed by atoms with Crippen molar-refractivity contribution in [3.63, 3.8) is 0 Å². The lowest BCUT2D eigenvalue weighted by Gasteiger charge is -2.10. The number of hydrogen-bond acceptors (Lipinski definition) is 6. The van der Waals surface area contributed by atoms with Gasteiger partial charge < -0.3 is 9.26 Å². The Kier molecular flexibility index (Phi) is 4.06. The Balaban J connectivity index is 2.27. The molecule has 1 atom stereocenters. The van der Waals surface area contributed by atoms with Gasteiger partial charge in [0.25, 0.3) is 0 Å². The lowest BCUT2D eigenvalue weighted by molar-refractivity contribution is -0.145. The topological polar surface area (TPSA) is 77.2 Å². The van der Waals surface area contributed by atoms with Gasteiger partial charge in [0.2, 0.25) is 6.39 Å². The Morgan fingerprint density at radius 3 is 3.14 bits per heavy atom. The lowest BCUT2D eigenvalue weighted by Crippen LogP contribution is -2.35. The fraction of sp³-hybridized carbons (Fsp3) is 0.625. The van der Waals surface area contributed by atoms with Crippen molar-refractivity contribution in [2.24, 2.45) is 0 Å². The number of ether oxygens (including phenoxy) is 1. The fourth-order valence-corrected chi connectivity index (χ4v) is 0.865. The Labute approximate surface area is 81.6 Å². The van der Waals surface area contributed by atoms with E-state index in [-0.39, 0.29) is 12.0 Å². The lowest BCUT2D eigenvalue weighted by atomic mass is 10.3. The molecule has 6 nitrogen and oxygen atoms in total. The number of hydrogen-bond donors (Lipinski definition) is 1. The highest BCUT2D eigenvalue weighted by atomic mass is 16.5. The van der Waals surface area contributed by atoms with Gasteiger partial charge in [-0.15, -0.1) is 0 Å². The fourth-order valence-electron chi connectivity index (χ4n) is 0.865. The van der Waals surface area contributed by atoms with E-state index in [4.69, 9.17) is 4.74 Å². The van der Waals surface area contributed by atoms with Crippen molar-refractivity contribution in [2.75, 3.05) is 6.61 Å². The molecule has 1 rings (SSSR count). The van der Waals surface area contributed by atoms with Crippen LogP contribution < -0.4 is 5.32 Å². The van der Waals surface area contributed by atoms with Crippen LogP contribution in [-0.2, 0) is 16.1 Å². The SMILES string of the molecule is CCOC(=O)C(C)NCc1ncon1. The summed E-state index contributed by atoms with van der Waals surface area (Å²) in [5.41, 5.74) is 0. The van der Waals surface area contributed by atoms with Crippen LogP contribution in [0.15, 0.2) is 10.9 Å². The van der Waals surface area contributed by atoms with Crippen LogP contribution in [0.25, 0.3) is 0 Å². The molecular weight excluding hydrogens is 186 g/mol. The van der Waals surface area contributed by atoms with Gasteiger partial charge in [0.1, 0.15) is 6.04 Å². The van der Waals surface area contributed by atoms with Crippen LogP contribution in [0.2, 0.25) is 0 Å². The van der Waals surface area contributed by atoms with Crippen molar-refractivity contribution in [1.82, 2.24) is 15.5 Å². The number of nitrogens with one attached hydrogen (secondary N) is 1. The second kappa shape index (κ2) is 5.33. The molecule has 1 N–H and O–H groups in total. The zero-order valence-electron chi connectivity index (χ0n) is 8.19. The molecule has 0 aliphatic rings. The van der Waals surface area contributed by atoms with Gasteiger partial charge in [0, 0.05) is 0 Å². The van der Waals surface area contributed by atoms with Gasteiger partial charge in [-0.25, -0.2) is 0 Å². The summed E-state index contributed by atoms with van der Waals surface area (Å²) in [4.78, 5) is 15.0. The Morgan fingerprint density at radius 1 is 1.79 bits per heavy atom. The average Bonchev–Trinajstić information content (AvgIpc) is 2.67. The van der Waals surface area contributed by atoms with E-state index in [1.54, 1.807) is 13.8 Å². The molecule has 0 aliphatic carbocycles. The second-order valence-corrected chi connectivity index (χ2v) is 2.70. The third-order valence-electron chi connectivity index (χ3n) is 1.61. The normalized spacial score (nSPS) is 12.4. The molecule has 1 heterocycles. The average molecular weight is 199 g/mol. The van der Waals surface area contributed by atoms with Crippen molar-refractivity contribution in [3.05, 3.63) is 12.2 Å². The first-order chi connectivity index (χ1) is 6.74. The molecule has 0 bridgehead atoms. The summed E-state index contributed by atoms with van der Waals surface area (Å²) in [5, 5.41) is 6.50. The third-order valence-corrected chi connectivity index (χ3v) is 1.61. The third kappa shape index (κ3) is 3.14. The first-order valence-corrected chi connectivity index (χ1v) is 4.39. The van der Waals surface area contributed by atoms with Gasteiger partial charge in [-0.1, -0.05) is 5.16 Å². The van der Waals surface area contributed by atoms with E-state index in [0.29, 0.717) is 19.0 Å². The molecule has 6 heteroatoms. The van der Waals surface area contributed by atoms with Crippen LogP contribution in [-0.4, -0.2) is 28.8 Å². The largest absolute Gasteiger partial charge is 0.465 e. The van der Waals surface area contributed by atoms with E-state index in [1.165, 1.54) is 6.39 Å². The van der Waals surface area contributed by atoms with E-state index < -0.39 is 0 Å². The first-order valence-electron chi connectivity index (χ1n) is 4.39. The molecule has 0 fully saturated rings. The predicted molar refractivity (Wildman–Crippen MR) is 47.2 cm³/mol. The van der Waals surface area contributed by atoms with Gasteiger partial charge in [0.05, 0.1) is 13.2 Å². The number of carbonyl (C=O) groups is 1. The summed E-state index contributed by atoms with van der Waals surface area (Å²) >= 11 is 0. The molecule has 0 amide bonds. The number of carbonyl (C=O) groups excluding carboxylic acids is 1. The number of esters is 1. The van der Waals surface area contributed by atoms with Crippen LogP contribution in [0, 0.1) is 0 Å². The standard InChI is InChI=1S/C8H13N3O3/c1-3-13-8(12)6(2)9-4-7-10-5-14-11-7/h5-6,9H,3-4H2,1-2H3. The van der Waals surface area contributed by atoms with Gasteiger partial charge in [0.15, 0.2) is 5.82 Å². The van der Waals surface area contributed by atoms with E-state index in [0.717, 1.165) is 0 Å². The molecule has 0 radical (unpaired) electrons. The highest BCUT2D eigenvalue weighted by molar-refractivity contribution is 5.75. The molecule has 1 unspecified atom stereocenters. The summed E-state index contributed by atoms with van der Waals surface area (Å²) in [6.07, 6.45) is 1.24. The first kappa shape index (κ1) is 10.6.